The highest BCUT2D eigenvalue weighted by atomic mass is 16.6. The molecule has 4 nitrogen and oxygen atoms in total. The van der Waals surface area contributed by atoms with Crippen LogP contribution >= 0.6 is 0 Å². The van der Waals surface area contributed by atoms with Gasteiger partial charge in [-0.15, -0.1) is 0 Å². The molecule has 2 atom stereocenters. The van der Waals surface area contributed by atoms with Gasteiger partial charge in [0, 0.05) is 17.8 Å². The van der Waals surface area contributed by atoms with Crippen LogP contribution < -0.4 is 10.1 Å². The van der Waals surface area contributed by atoms with Gasteiger partial charge < -0.3 is 19.5 Å². The predicted octanol–water partition coefficient (Wildman–Crippen LogP) is 7.29. The Morgan fingerprint density at radius 3 is 2.31 bits per heavy atom. The first-order valence-electron chi connectivity index (χ1n) is 12.3. The maximum Gasteiger partial charge on any atom is 0.132 e. The summed E-state index contributed by atoms with van der Waals surface area (Å²) in [7, 11) is 0. The number of hydrogen-bond acceptors (Lipinski definition) is 4. The maximum absolute atomic E-state index is 6.62. The van der Waals surface area contributed by atoms with E-state index in [2.05, 4.69) is 92.8 Å². The molecular formula is C31H33NO3. The zero-order valence-electron chi connectivity index (χ0n) is 20.7. The van der Waals surface area contributed by atoms with Crippen molar-refractivity contribution in [3.8, 4) is 5.75 Å². The van der Waals surface area contributed by atoms with E-state index in [1.54, 1.807) is 0 Å². The molecule has 1 N–H and O–H groups in total. The van der Waals surface area contributed by atoms with Gasteiger partial charge in [-0.3, -0.25) is 0 Å². The van der Waals surface area contributed by atoms with Crippen molar-refractivity contribution < 1.29 is 14.2 Å². The standard InChI is InChI=1S/C31H33NO3/c1-4-32-26-16-17-28-27(19-26)29(33-20-22-10-6-5-7-11-22)30(31(2,3)35-28)34-21-23-14-15-24-12-8-9-13-25(24)18-23/h5-19,29-30,32H,4,20-21H2,1-3H3. The zero-order valence-corrected chi connectivity index (χ0v) is 20.7. The maximum atomic E-state index is 6.62. The summed E-state index contributed by atoms with van der Waals surface area (Å²) < 4.78 is 19.7. The molecule has 1 heterocycles. The van der Waals surface area contributed by atoms with Crippen molar-refractivity contribution in [1.82, 2.24) is 0 Å². The molecular weight excluding hydrogens is 434 g/mol. The Morgan fingerprint density at radius 1 is 0.771 bits per heavy atom. The summed E-state index contributed by atoms with van der Waals surface area (Å²) in [6, 6.07) is 31.4. The number of hydrogen-bond donors (Lipinski definition) is 1. The molecule has 0 aromatic heterocycles. The second kappa shape index (κ2) is 10.1. The van der Waals surface area contributed by atoms with Gasteiger partial charge in [0.1, 0.15) is 23.6 Å². The van der Waals surface area contributed by atoms with E-state index in [0.717, 1.165) is 34.7 Å². The Labute approximate surface area is 207 Å². The average molecular weight is 468 g/mol. The number of fused-ring (bicyclic) bond motifs is 2. The molecule has 2 unspecified atom stereocenters. The molecule has 4 aromatic carbocycles. The Kier molecular flexibility index (Phi) is 6.76. The lowest BCUT2D eigenvalue weighted by Gasteiger charge is -2.44. The summed E-state index contributed by atoms with van der Waals surface area (Å²) in [6.07, 6.45) is -0.560. The third-order valence-electron chi connectivity index (χ3n) is 6.55. The van der Waals surface area contributed by atoms with E-state index in [-0.39, 0.29) is 12.2 Å². The fourth-order valence-corrected chi connectivity index (χ4v) is 4.79. The summed E-state index contributed by atoms with van der Waals surface area (Å²) in [6.45, 7) is 8.09. The van der Waals surface area contributed by atoms with Crippen LogP contribution in [0.5, 0.6) is 5.75 Å². The normalized spacial score (nSPS) is 18.6. The smallest absolute Gasteiger partial charge is 0.132 e. The Morgan fingerprint density at radius 2 is 1.51 bits per heavy atom. The molecule has 0 amide bonds. The fraction of sp³-hybridized carbons (Fsp3) is 0.290. The molecule has 0 saturated carbocycles. The number of ether oxygens (including phenoxy) is 3. The van der Waals surface area contributed by atoms with Crippen molar-refractivity contribution in [1.29, 1.82) is 0 Å². The minimum Gasteiger partial charge on any atom is -0.485 e. The molecule has 4 heteroatoms. The molecule has 0 saturated heterocycles. The highest BCUT2D eigenvalue weighted by Gasteiger charge is 2.45. The lowest BCUT2D eigenvalue weighted by molar-refractivity contribution is -0.170. The topological polar surface area (TPSA) is 39.7 Å². The van der Waals surface area contributed by atoms with Gasteiger partial charge in [0.2, 0.25) is 0 Å². The first-order chi connectivity index (χ1) is 17.0. The van der Waals surface area contributed by atoms with Crippen LogP contribution in [0, 0.1) is 0 Å². The molecule has 0 radical (unpaired) electrons. The van der Waals surface area contributed by atoms with Crippen LogP contribution in [0.25, 0.3) is 10.8 Å². The quantitative estimate of drug-likeness (QED) is 0.295. The largest absolute Gasteiger partial charge is 0.485 e. The Bertz CT molecular complexity index is 1280. The van der Waals surface area contributed by atoms with E-state index < -0.39 is 5.60 Å². The van der Waals surface area contributed by atoms with E-state index in [0.29, 0.717) is 13.2 Å². The molecule has 0 bridgehead atoms. The van der Waals surface area contributed by atoms with Gasteiger partial charge in [0.05, 0.1) is 13.2 Å². The van der Waals surface area contributed by atoms with E-state index in [4.69, 9.17) is 14.2 Å². The summed E-state index contributed by atoms with van der Waals surface area (Å²) in [5.74, 6) is 0.847. The van der Waals surface area contributed by atoms with Crippen LogP contribution in [-0.4, -0.2) is 18.2 Å². The van der Waals surface area contributed by atoms with Crippen molar-refractivity contribution in [3.05, 3.63) is 108 Å². The first kappa shape index (κ1) is 23.4. The zero-order chi connectivity index (χ0) is 24.3. The van der Waals surface area contributed by atoms with E-state index in [9.17, 15) is 0 Å². The molecule has 180 valence electrons. The Hall–Kier alpha value is -3.34. The Balaban J connectivity index is 1.44. The molecule has 1 aliphatic heterocycles. The van der Waals surface area contributed by atoms with Crippen molar-refractivity contribution >= 4 is 16.5 Å². The number of anilines is 1. The minimum atomic E-state index is -0.565. The van der Waals surface area contributed by atoms with Crippen LogP contribution in [0.15, 0.2) is 91.0 Å². The van der Waals surface area contributed by atoms with E-state index in [1.165, 1.54) is 10.8 Å². The van der Waals surface area contributed by atoms with Crippen LogP contribution in [0.4, 0.5) is 5.69 Å². The molecule has 0 spiro atoms. The summed E-state index contributed by atoms with van der Waals surface area (Å²) in [4.78, 5) is 0. The predicted molar refractivity (Wildman–Crippen MR) is 142 cm³/mol. The van der Waals surface area contributed by atoms with Crippen LogP contribution in [-0.2, 0) is 22.7 Å². The van der Waals surface area contributed by atoms with E-state index in [1.807, 2.05) is 24.3 Å². The second-order valence-electron chi connectivity index (χ2n) is 9.62. The monoisotopic (exact) mass is 467 g/mol. The average Bonchev–Trinajstić information content (AvgIpc) is 2.87. The van der Waals surface area contributed by atoms with Crippen molar-refractivity contribution in [2.24, 2.45) is 0 Å². The SMILES string of the molecule is CCNc1ccc2c(c1)C(OCc1ccccc1)C(OCc1ccc3ccccc3c1)C(C)(C)O2. The minimum absolute atomic E-state index is 0.270. The molecule has 35 heavy (non-hydrogen) atoms. The first-order valence-corrected chi connectivity index (χ1v) is 12.3. The van der Waals surface area contributed by atoms with Crippen molar-refractivity contribution in [2.75, 3.05) is 11.9 Å². The highest BCUT2D eigenvalue weighted by Crippen LogP contribution is 2.45. The van der Waals surface area contributed by atoms with Crippen LogP contribution in [0.1, 0.15) is 43.6 Å². The van der Waals surface area contributed by atoms with Gasteiger partial charge in [-0.1, -0.05) is 66.7 Å². The number of rotatable bonds is 8. The van der Waals surface area contributed by atoms with Crippen molar-refractivity contribution in [2.45, 2.75) is 51.8 Å². The van der Waals surface area contributed by atoms with Gasteiger partial charge in [-0.05, 0) is 66.9 Å². The molecule has 0 fully saturated rings. The van der Waals surface area contributed by atoms with Gasteiger partial charge in [0.25, 0.3) is 0 Å². The lowest BCUT2D eigenvalue weighted by Crippen LogP contribution is -2.50. The van der Waals surface area contributed by atoms with Gasteiger partial charge in [-0.25, -0.2) is 0 Å². The second-order valence-corrected chi connectivity index (χ2v) is 9.62. The van der Waals surface area contributed by atoms with Crippen LogP contribution in [0.3, 0.4) is 0 Å². The van der Waals surface area contributed by atoms with Gasteiger partial charge >= 0.3 is 0 Å². The number of nitrogens with one attached hydrogen (secondary N) is 1. The number of benzene rings is 4. The van der Waals surface area contributed by atoms with E-state index >= 15 is 0 Å². The molecule has 1 aliphatic rings. The van der Waals surface area contributed by atoms with Gasteiger partial charge in [-0.2, -0.15) is 0 Å². The third-order valence-corrected chi connectivity index (χ3v) is 6.55. The van der Waals surface area contributed by atoms with Gasteiger partial charge in [0.15, 0.2) is 0 Å². The summed E-state index contributed by atoms with van der Waals surface area (Å²) in [5.41, 5.74) is 3.77. The van der Waals surface area contributed by atoms with Crippen molar-refractivity contribution in [3.63, 3.8) is 0 Å². The third kappa shape index (κ3) is 5.19. The molecule has 5 rings (SSSR count). The summed E-state index contributed by atoms with van der Waals surface area (Å²) >= 11 is 0. The summed E-state index contributed by atoms with van der Waals surface area (Å²) in [5, 5.41) is 5.85. The lowest BCUT2D eigenvalue weighted by atomic mass is 9.87. The molecule has 0 aliphatic carbocycles. The molecule has 4 aromatic rings. The highest BCUT2D eigenvalue weighted by molar-refractivity contribution is 5.82. The fourth-order valence-electron chi connectivity index (χ4n) is 4.79. The van der Waals surface area contributed by atoms with Crippen LogP contribution in [0.2, 0.25) is 0 Å².